The second-order valence-corrected chi connectivity index (χ2v) is 7.60. The number of nitrogens with one attached hydrogen (secondary N) is 1. The zero-order valence-corrected chi connectivity index (χ0v) is 12.4. The molecule has 1 heterocycles. The molecule has 0 bridgehead atoms. The van der Waals surface area contributed by atoms with Crippen LogP contribution in [0.4, 0.5) is 16.4 Å². The molecule has 1 aromatic carbocycles. The van der Waals surface area contributed by atoms with Gasteiger partial charge in [-0.25, -0.2) is 8.42 Å². The van der Waals surface area contributed by atoms with Gasteiger partial charge in [0.25, 0.3) is 0 Å². The lowest BCUT2D eigenvalue weighted by molar-refractivity contribution is -0.383. The number of hydrogen-bond donors (Lipinski definition) is 1. The van der Waals surface area contributed by atoms with E-state index < -0.39 is 14.8 Å². The molecule has 0 fully saturated rings. The van der Waals surface area contributed by atoms with Crippen molar-refractivity contribution in [3.63, 3.8) is 0 Å². The summed E-state index contributed by atoms with van der Waals surface area (Å²) in [6, 6.07) is 8.38. The number of hydrogen-bond acceptors (Lipinski definition) is 6. The molecule has 1 aromatic heterocycles. The standard InChI is InChI=1S/C12H12N2O4S2/c1-8-4-3-5-9(6-8)13-12-10(14(15)16)7-11(19-12)20(2,17)18/h3-7,13H,1-2H3. The number of sulfone groups is 1. The van der Waals surface area contributed by atoms with Gasteiger partial charge >= 0.3 is 5.69 Å². The van der Waals surface area contributed by atoms with Crippen molar-refractivity contribution in [2.24, 2.45) is 0 Å². The Morgan fingerprint density at radius 2 is 2.00 bits per heavy atom. The van der Waals surface area contributed by atoms with E-state index in [0.29, 0.717) is 5.69 Å². The average molecular weight is 312 g/mol. The Hall–Kier alpha value is -1.93. The minimum atomic E-state index is -3.46. The summed E-state index contributed by atoms with van der Waals surface area (Å²) >= 11 is 0.855. The Balaban J connectivity index is 2.45. The first kappa shape index (κ1) is 14.5. The van der Waals surface area contributed by atoms with Crippen LogP contribution in [-0.4, -0.2) is 19.6 Å². The zero-order valence-electron chi connectivity index (χ0n) is 10.8. The predicted molar refractivity (Wildman–Crippen MR) is 78.5 cm³/mol. The minimum absolute atomic E-state index is 0.0284. The molecule has 0 spiro atoms. The summed E-state index contributed by atoms with van der Waals surface area (Å²) in [6.07, 6.45) is 1.03. The van der Waals surface area contributed by atoms with Gasteiger partial charge in [0.1, 0.15) is 4.21 Å². The first-order valence-corrected chi connectivity index (χ1v) is 8.30. The fraction of sp³-hybridized carbons (Fsp3) is 0.167. The summed E-state index contributed by atoms with van der Waals surface area (Å²) in [5.74, 6) is 0. The monoisotopic (exact) mass is 312 g/mol. The minimum Gasteiger partial charge on any atom is -0.341 e. The van der Waals surface area contributed by atoms with Crippen LogP contribution in [0.2, 0.25) is 0 Å². The maximum atomic E-state index is 11.5. The molecule has 6 nitrogen and oxygen atoms in total. The van der Waals surface area contributed by atoms with Crippen LogP contribution < -0.4 is 5.32 Å². The Labute approximate surface area is 120 Å². The van der Waals surface area contributed by atoms with Gasteiger partial charge in [0.05, 0.1) is 4.92 Å². The third kappa shape index (κ3) is 3.14. The Kier molecular flexibility index (Phi) is 3.78. The summed E-state index contributed by atoms with van der Waals surface area (Å²) < 4.78 is 22.9. The molecular weight excluding hydrogens is 300 g/mol. The van der Waals surface area contributed by atoms with E-state index in [9.17, 15) is 18.5 Å². The van der Waals surface area contributed by atoms with Crippen LogP contribution in [0.15, 0.2) is 34.5 Å². The van der Waals surface area contributed by atoms with Gasteiger partial charge in [-0.15, -0.1) is 0 Å². The molecule has 0 saturated heterocycles. The van der Waals surface area contributed by atoms with Crippen LogP contribution in [-0.2, 0) is 9.84 Å². The lowest BCUT2D eigenvalue weighted by atomic mass is 10.2. The molecule has 8 heteroatoms. The Morgan fingerprint density at radius 3 is 2.55 bits per heavy atom. The summed E-state index contributed by atoms with van der Waals surface area (Å²) in [4.78, 5) is 10.4. The second kappa shape index (κ2) is 5.22. The van der Waals surface area contributed by atoms with E-state index in [2.05, 4.69) is 5.32 Å². The van der Waals surface area contributed by atoms with E-state index in [1.165, 1.54) is 0 Å². The number of rotatable bonds is 4. The van der Waals surface area contributed by atoms with Crippen molar-refractivity contribution >= 4 is 37.5 Å². The number of nitrogens with zero attached hydrogens (tertiary/aromatic N) is 1. The van der Waals surface area contributed by atoms with Gasteiger partial charge in [-0.3, -0.25) is 10.1 Å². The maximum Gasteiger partial charge on any atom is 0.305 e. The highest BCUT2D eigenvalue weighted by Crippen LogP contribution is 2.38. The topological polar surface area (TPSA) is 89.3 Å². The molecule has 0 aliphatic carbocycles. The molecule has 0 atom stereocenters. The van der Waals surface area contributed by atoms with Crippen molar-refractivity contribution in [3.8, 4) is 0 Å². The molecule has 2 rings (SSSR count). The van der Waals surface area contributed by atoms with Crippen LogP contribution in [0.1, 0.15) is 5.56 Å². The first-order valence-electron chi connectivity index (χ1n) is 5.59. The van der Waals surface area contributed by atoms with Gasteiger partial charge in [-0.2, -0.15) is 0 Å². The van der Waals surface area contributed by atoms with Crippen LogP contribution >= 0.6 is 11.3 Å². The van der Waals surface area contributed by atoms with Crippen LogP contribution in [0.25, 0.3) is 0 Å². The zero-order chi connectivity index (χ0) is 14.9. The summed E-state index contributed by atoms with van der Waals surface area (Å²) in [5.41, 5.74) is 1.43. The average Bonchev–Trinajstić information content (AvgIpc) is 2.72. The fourth-order valence-electron chi connectivity index (χ4n) is 1.62. The Morgan fingerprint density at radius 1 is 1.30 bits per heavy atom. The van der Waals surface area contributed by atoms with Gasteiger partial charge in [-0.05, 0) is 24.6 Å². The quantitative estimate of drug-likeness (QED) is 0.692. The summed E-state index contributed by atoms with van der Waals surface area (Å²) in [6.45, 7) is 1.90. The summed E-state index contributed by atoms with van der Waals surface area (Å²) in [7, 11) is -3.46. The summed E-state index contributed by atoms with van der Waals surface area (Å²) in [5, 5.41) is 14.1. The number of benzene rings is 1. The number of nitro groups is 1. The first-order chi connectivity index (χ1) is 9.27. The van der Waals surface area contributed by atoms with E-state index in [4.69, 9.17) is 0 Å². The number of thiophene rings is 1. The predicted octanol–water partition coefficient (Wildman–Crippen LogP) is 3.11. The van der Waals surface area contributed by atoms with Crippen LogP contribution in [0.5, 0.6) is 0 Å². The van der Waals surface area contributed by atoms with Gasteiger partial charge < -0.3 is 5.32 Å². The highest BCUT2D eigenvalue weighted by Gasteiger charge is 2.23. The molecule has 1 N–H and O–H groups in total. The molecule has 0 aliphatic rings. The van der Waals surface area contributed by atoms with Crippen LogP contribution in [0.3, 0.4) is 0 Å². The van der Waals surface area contributed by atoms with Crippen molar-refractivity contribution < 1.29 is 13.3 Å². The third-order valence-corrected chi connectivity index (χ3v) is 5.37. The third-order valence-electron chi connectivity index (χ3n) is 2.53. The highest BCUT2D eigenvalue weighted by molar-refractivity contribution is 7.92. The van der Waals surface area contributed by atoms with Crippen molar-refractivity contribution in [2.75, 3.05) is 11.6 Å². The molecular formula is C12H12N2O4S2. The molecule has 0 amide bonds. The van der Waals surface area contributed by atoms with Gasteiger partial charge in [0.2, 0.25) is 0 Å². The molecule has 20 heavy (non-hydrogen) atoms. The maximum absolute atomic E-state index is 11.5. The lowest BCUT2D eigenvalue weighted by Gasteiger charge is -2.04. The highest BCUT2D eigenvalue weighted by atomic mass is 32.2. The number of anilines is 2. The van der Waals surface area contributed by atoms with E-state index in [-0.39, 0.29) is 14.9 Å². The molecule has 0 saturated carbocycles. The molecule has 0 unspecified atom stereocenters. The fourth-order valence-corrected chi connectivity index (χ4v) is 3.58. The number of aryl methyl sites for hydroxylation is 1. The lowest BCUT2D eigenvalue weighted by Crippen LogP contribution is -1.93. The molecule has 0 aliphatic heterocycles. The van der Waals surface area contributed by atoms with Crippen molar-refractivity contribution in [3.05, 3.63) is 46.0 Å². The van der Waals surface area contributed by atoms with Gasteiger partial charge in [0.15, 0.2) is 14.8 Å². The van der Waals surface area contributed by atoms with E-state index in [1.807, 2.05) is 25.1 Å². The van der Waals surface area contributed by atoms with E-state index in [0.717, 1.165) is 29.2 Å². The Bertz CT molecular complexity index is 766. The largest absolute Gasteiger partial charge is 0.341 e. The van der Waals surface area contributed by atoms with E-state index in [1.54, 1.807) is 6.07 Å². The van der Waals surface area contributed by atoms with Crippen molar-refractivity contribution in [1.29, 1.82) is 0 Å². The van der Waals surface area contributed by atoms with E-state index >= 15 is 0 Å². The second-order valence-electron chi connectivity index (χ2n) is 4.30. The molecule has 0 radical (unpaired) electrons. The normalized spacial score (nSPS) is 11.3. The smallest absolute Gasteiger partial charge is 0.305 e. The van der Waals surface area contributed by atoms with Gasteiger partial charge in [-0.1, -0.05) is 23.5 Å². The van der Waals surface area contributed by atoms with Crippen LogP contribution in [0, 0.1) is 17.0 Å². The SMILES string of the molecule is Cc1cccc(Nc2sc(S(C)(=O)=O)cc2[N+](=O)[O-])c1. The van der Waals surface area contributed by atoms with Crippen molar-refractivity contribution in [2.45, 2.75) is 11.1 Å². The van der Waals surface area contributed by atoms with Gasteiger partial charge in [0, 0.05) is 18.0 Å². The molecule has 2 aromatic rings. The molecule has 106 valence electrons. The van der Waals surface area contributed by atoms with Crippen molar-refractivity contribution in [1.82, 2.24) is 0 Å².